The van der Waals surface area contributed by atoms with Crippen molar-refractivity contribution in [1.29, 1.82) is 0 Å². The molecule has 0 heterocycles. The number of carbonyl (C=O) groups excluding carboxylic acids is 1. The minimum absolute atomic E-state index is 0.113. The van der Waals surface area contributed by atoms with E-state index in [1.807, 2.05) is 52.0 Å². The summed E-state index contributed by atoms with van der Waals surface area (Å²) >= 11 is 0. The van der Waals surface area contributed by atoms with Crippen LogP contribution in [-0.4, -0.2) is 36.7 Å². The average Bonchev–Trinajstić information content (AvgIpc) is 2.69. The summed E-state index contributed by atoms with van der Waals surface area (Å²) in [5.74, 6) is 0.210. The van der Waals surface area contributed by atoms with E-state index in [1.165, 1.54) is 0 Å². The first-order valence-corrected chi connectivity index (χ1v) is 9.80. The molecule has 2 N–H and O–H groups in total. The molecule has 2 aromatic rings. The lowest BCUT2D eigenvalue weighted by Gasteiger charge is -2.25. The van der Waals surface area contributed by atoms with E-state index in [4.69, 9.17) is 14.6 Å². The van der Waals surface area contributed by atoms with E-state index in [0.717, 1.165) is 11.1 Å². The number of ether oxygens (including phenoxy) is 2. The second-order valence-corrected chi connectivity index (χ2v) is 7.16. The Labute approximate surface area is 171 Å². The van der Waals surface area contributed by atoms with Crippen LogP contribution in [-0.2, 0) is 16.6 Å². The molecule has 0 fully saturated rings. The number of hydrogen-bond donors (Lipinski definition) is 2. The Morgan fingerprint density at radius 2 is 1.69 bits per heavy atom. The summed E-state index contributed by atoms with van der Waals surface area (Å²) in [6, 6.07) is 12.3. The van der Waals surface area contributed by atoms with Gasteiger partial charge in [0, 0.05) is 6.54 Å². The minimum Gasteiger partial charge on any atom is -0.490 e. The molecule has 6 nitrogen and oxygen atoms in total. The number of carboxylic acids is 1. The Bertz CT molecular complexity index is 860. The molecule has 0 aliphatic carbocycles. The molecule has 0 atom stereocenters. The normalized spacial score (nSPS) is 11.0. The van der Waals surface area contributed by atoms with Crippen LogP contribution in [0.4, 0.5) is 0 Å². The monoisotopic (exact) mass is 399 g/mol. The zero-order valence-corrected chi connectivity index (χ0v) is 17.5. The lowest BCUT2D eigenvalue weighted by molar-refractivity contribution is -0.125. The number of carbonyl (C=O) groups is 2. The largest absolute Gasteiger partial charge is 0.490 e. The van der Waals surface area contributed by atoms with Crippen LogP contribution >= 0.6 is 0 Å². The molecule has 0 saturated heterocycles. The van der Waals surface area contributed by atoms with E-state index in [2.05, 4.69) is 5.32 Å². The fourth-order valence-electron chi connectivity index (χ4n) is 2.97. The zero-order valence-electron chi connectivity index (χ0n) is 17.5. The smallest absolute Gasteiger partial charge is 0.335 e. The molecular formula is C23H29NO5. The molecule has 1 amide bonds. The van der Waals surface area contributed by atoms with E-state index >= 15 is 0 Å². The summed E-state index contributed by atoms with van der Waals surface area (Å²) in [6.07, 6.45) is 0.552. The standard InChI is InChI=1S/C23H29NO5/c1-5-28-19-11-10-18(15-20(19)29-6-2)23(3,4)22(27)24-13-12-16-8-7-9-17(14-16)21(25)26/h7-11,14-15H,5-6,12-13H2,1-4H3,(H,24,27)(H,25,26). The number of amides is 1. The number of carboxylic acid groups (broad SMARTS) is 1. The van der Waals surface area contributed by atoms with Gasteiger partial charge in [0.2, 0.25) is 5.91 Å². The van der Waals surface area contributed by atoms with Gasteiger partial charge in [-0.3, -0.25) is 4.79 Å². The quantitative estimate of drug-likeness (QED) is 0.634. The molecule has 0 saturated carbocycles. The summed E-state index contributed by atoms with van der Waals surface area (Å²) in [5.41, 5.74) is 1.17. The molecule has 0 spiro atoms. The highest BCUT2D eigenvalue weighted by atomic mass is 16.5. The highest BCUT2D eigenvalue weighted by Crippen LogP contribution is 2.33. The Balaban J connectivity index is 2.06. The van der Waals surface area contributed by atoms with Gasteiger partial charge in [-0.25, -0.2) is 4.79 Å². The number of nitrogens with one attached hydrogen (secondary N) is 1. The van der Waals surface area contributed by atoms with Crippen LogP contribution in [0.2, 0.25) is 0 Å². The van der Waals surface area contributed by atoms with Crippen molar-refractivity contribution in [3.8, 4) is 11.5 Å². The number of benzene rings is 2. The Morgan fingerprint density at radius 1 is 1.00 bits per heavy atom. The summed E-state index contributed by atoms with van der Waals surface area (Å²) in [7, 11) is 0. The lowest BCUT2D eigenvalue weighted by Crippen LogP contribution is -2.41. The molecule has 0 aliphatic rings. The molecule has 0 aromatic heterocycles. The Morgan fingerprint density at radius 3 is 2.34 bits per heavy atom. The third-order valence-electron chi connectivity index (χ3n) is 4.71. The Kier molecular flexibility index (Phi) is 7.65. The fraction of sp³-hybridized carbons (Fsp3) is 0.391. The van der Waals surface area contributed by atoms with Gasteiger partial charge in [-0.1, -0.05) is 18.2 Å². The summed E-state index contributed by atoms with van der Waals surface area (Å²) in [6.45, 7) is 8.99. The van der Waals surface area contributed by atoms with Gasteiger partial charge in [0.05, 0.1) is 24.2 Å². The van der Waals surface area contributed by atoms with Crippen LogP contribution in [0.5, 0.6) is 11.5 Å². The van der Waals surface area contributed by atoms with Gasteiger partial charge in [-0.2, -0.15) is 0 Å². The van der Waals surface area contributed by atoms with Crippen LogP contribution < -0.4 is 14.8 Å². The fourth-order valence-corrected chi connectivity index (χ4v) is 2.97. The first-order valence-electron chi connectivity index (χ1n) is 9.80. The molecule has 29 heavy (non-hydrogen) atoms. The Hall–Kier alpha value is -3.02. The van der Waals surface area contributed by atoms with Gasteiger partial charge in [0.25, 0.3) is 0 Å². The van der Waals surface area contributed by atoms with E-state index in [1.54, 1.807) is 18.2 Å². The van der Waals surface area contributed by atoms with E-state index in [-0.39, 0.29) is 11.5 Å². The molecule has 0 unspecified atom stereocenters. The van der Waals surface area contributed by atoms with Crippen molar-refractivity contribution >= 4 is 11.9 Å². The van der Waals surface area contributed by atoms with Crippen molar-refractivity contribution in [2.24, 2.45) is 0 Å². The van der Waals surface area contributed by atoms with Crippen molar-refractivity contribution in [2.75, 3.05) is 19.8 Å². The summed E-state index contributed by atoms with van der Waals surface area (Å²) in [5, 5.41) is 12.0. The van der Waals surface area contributed by atoms with Crippen LogP contribution in [0.1, 0.15) is 49.2 Å². The van der Waals surface area contributed by atoms with E-state index < -0.39 is 11.4 Å². The van der Waals surface area contributed by atoms with Crippen molar-refractivity contribution in [3.05, 3.63) is 59.2 Å². The van der Waals surface area contributed by atoms with Crippen LogP contribution in [0.25, 0.3) is 0 Å². The molecule has 0 aliphatic heterocycles. The molecule has 6 heteroatoms. The van der Waals surface area contributed by atoms with Crippen LogP contribution in [0.15, 0.2) is 42.5 Å². The first-order chi connectivity index (χ1) is 13.8. The second kappa shape index (κ2) is 9.96. The van der Waals surface area contributed by atoms with Crippen molar-refractivity contribution < 1.29 is 24.2 Å². The number of rotatable bonds is 10. The number of hydrogen-bond acceptors (Lipinski definition) is 4. The maximum Gasteiger partial charge on any atom is 0.335 e. The topological polar surface area (TPSA) is 84.9 Å². The molecule has 156 valence electrons. The van der Waals surface area contributed by atoms with E-state index in [0.29, 0.717) is 37.7 Å². The van der Waals surface area contributed by atoms with Crippen LogP contribution in [0, 0.1) is 0 Å². The van der Waals surface area contributed by atoms with Crippen molar-refractivity contribution in [2.45, 2.75) is 39.5 Å². The molecule has 0 radical (unpaired) electrons. The van der Waals surface area contributed by atoms with Crippen LogP contribution in [0.3, 0.4) is 0 Å². The van der Waals surface area contributed by atoms with Gasteiger partial charge < -0.3 is 19.9 Å². The predicted molar refractivity (Wildman–Crippen MR) is 112 cm³/mol. The molecule has 2 rings (SSSR count). The molecular weight excluding hydrogens is 370 g/mol. The second-order valence-electron chi connectivity index (χ2n) is 7.16. The molecule has 2 aromatic carbocycles. The van der Waals surface area contributed by atoms with Gasteiger partial charge in [0.15, 0.2) is 11.5 Å². The van der Waals surface area contributed by atoms with E-state index in [9.17, 15) is 9.59 Å². The minimum atomic E-state index is -0.961. The SMILES string of the molecule is CCOc1ccc(C(C)(C)C(=O)NCCc2cccc(C(=O)O)c2)cc1OCC. The third kappa shape index (κ3) is 5.73. The predicted octanol–water partition coefficient (Wildman–Crippen LogP) is 3.82. The average molecular weight is 399 g/mol. The summed E-state index contributed by atoms with van der Waals surface area (Å²) < 4.78 is 11.3. The molecule has 0 bridgehead atoms. The van der Waals surface area contributed by atoms with Gasteiger partial charge >= 0.3 is 5.97 Å². The maximum absolute atomic E-state index is 12.8. The third-order valence-corrected chi connectivity index (χ3v) is 4.71. The summed E-state index contributed by atoms with van der Waals surface area (Å²) in [4.78, 5) is 23.9. The lowest BCUT2D eigenvalue weighted by atomic mass is 9.83. The maximum atomic E-state index is 12.8. The number of aromatic carboxylic acids is 1. The highest BCUT2D eigenvalue weighted by Gasteiger charge is 2.30. The van der Waals surface area contributed by atoms with Gasteiger partial charge in [-0.05, 0) is 69.5 Å². The zero-order chi connectivity index (χ0) is 21.4. The van der Waals surface area contributed by atoms with Crippen molar-refractivity contribution in [1.82, 2.24) is 5.32 Å². The first kappa shape index (κ1) is 22.3. The van der Waals surface area contributed by atoms with Crippen molar-refractivity contribution in [3.63, 3.8) is 0 Å². The van der Waals surface area contributed by atoms with Gasteiger partial charge in [0.1, 0.15) is 0 Å². The van der Waals surface area contributed by atoms with Gasteiger partial charge in [-0.15, -0.1) is 0 Å². The highest BCUT2D eigenvalue weighted by molar-refractivity contribution is 5.88.